The molecule has 0 aliphatic heterocycles. The van der Waals surface area contributed by atoms with Crippen LogP contribution < -0.4 is 5.32 Å². The molecular weight excluding hydrogens is 338 g/mol. The van der Waals surface area contributed by atoms with Gasteiger partial charge in [0.05, 0.1) is 12.3 Å². The minimum absolute atomic E-state index is 0.0988. The molecule has 0 aliphatic carbocycles. The maximum absolute atomic E-state index is 11.5. The van der Waals surface area contributed by atoms with Gasteiger partial charge >= 0.3 is 0 Å². The fraction of sp³-hybridized carbons (Fsp3) is 0.143. The highest BCUT2D eigenvalue weighted by Crippen LogP contribution is 2.21. The van der Waals surface area contributed by atoms with Crippen LogP contribution in [0.1, 0.15) is 0 Å². The lowest BCUT2D eigenvalue weighted by Gasteiger charge is -2.07. The van der Waals surface area contributed by atoms with Gasteiger partial charge < -0.3 is 5.32 Å². The fourth-order valence-corrected chi connectivity index (χ4v) is 2.59. The molecule has 0 aliphatic rings. The average Bonchev–Trinajstić information content (AvgIpc) is 2.92. The van der Waals surface area contributed by atoms with Crippen molar-refractivity contribution < 1.29 is 4.79 Å². The summed E-state index contributed by atoms with van der Waals surface area (Å²) in [6.07, 6.45) is 8.67. The topological polar surface area (TPSA) is 46.9 Å². The zero-order chi connectivity index (χ0) is 14.4. The number of thioether (sulfide) groups is 1. The zero-order valence-corrected chi connectivity index (χ0v) is 12.9. The minimum atomic E-state index is -0.0988. The van der Waals surface area contributed by atoms with E-state index in [1.807, 2.05) is 35.0 Å². The maximum atomic E-state index is 11.5. The van der Waals surface area contributed by atoms with Crippen LogP contribution in [-0.2, 0) is 4.79 Å². The van der Waals surface area contributed by atoms with E-state index in [-0.39, 0.29) is 18.2 Å². The number of terminal acetylenes is 1. The Kier molecular flexibility index (Phi) is 5.27. The number of amides is 1. The van der Waals surface area contributed by atoms with E-state index in [4.69, 9.17) is 6.42 Å². The molecule has 20 heavy (non-hydrogen) atoms. The van der Waals surface area contributed by atoms with E-state index in [0.29, 0.717) is 0 Å². The second-order valence-electron chi connectivity index (χ2n) is 3.83. The summed E-state index contributed by atoms with van der Waals surface area (Å²) in [5.74, 6) is 2.56. The first-order valence-corrected chi connectivity index (χ1v) is 7.61. The van der Waals surface area contributed by atoms with Crippen LogP contribution in [0.25, 0.3) is 5.69 Å². The molecular formula is C14H12BrN3OS. The summed E-state index contributed by atoms with van der Waals surface area (Å²) in [7, 11) is 0. The van der Waals surface area contributed by atoms with Crippen molar-refractivity contribution in [3.63, 3.8) is 0 Å². The Hall–Kier alpha value is -1.71. The molecule has 1 aromatic heterocycles. The maximum Gasteiger partial charge on any atom is 0.231 e. The molecule has 2 rings (SSSR count). The fourth-order valence-electron chi connectivity index (χ4n) is 1.53. The van der Waals surface area contributed by atoms with E-state index in [9.17, 15) is 4.79 Å². The number of aromatic nitrogens is 2. The number of carbonyl (C=O) groups is 1. The molecule has 4 nitrogen and oxygen atoms in total. The number of imidazole rings is 1. The number of halogens is 1. The van der Waals surface area contributed by atoms with Crippen LogP contribution in [-0.4, -0.2) is 27.8 Å². The molecule has 102 valence electrons. The van der Waals surface area contributed by atoms with E-state index in [2.05, 4.69) is 32.2 Å². The van der Waals surface area contributed by atoms with Gasteiger partial charge in [-0.25, -0.2) is 4.98 Å². The normalized spacial score (nSPS) is 10.0. The first-order chi connectivity index (χ1) is 9.70. The van der Waals surface area contributed by atoms with Gasteiger partial charge in [0.25, 0.3) is 0 Å². The second kappa shape index (κ2) is 7.17. The standard InChI is InChI=1S/C14H12BrN3OS/c1-2-7-16-13(19)10-20-14-17-8-9-18(14)12-5-3-11(15)4-6-12/h1,3-6,8-9H,7,10H2,(H,16,19). The number of nitrogens with zero attached hydrogens (tertiary/aromatic N) is 2. The van der Waals surface area contributed by atoms with Gasteiger partial charge in [0.15, 0.2) is 5.16 Å². The van der Waals surface area contributed by atoms with Gasteiger partial charge in [-0.2, -0.15) is 0 Å². The summed E-state index contributed by atoms with van der Waals surface area (Å²) in [6.45, 7) is 0.251. The lowest BCUT2D eigenvalue weighted by atomic mass is 10.3. The van der Waals surface area contributed by atoms with Crippen molar-refractivity contribution in [3.05, 3.63) is 41.1 Å². The predicted octanol–water partition coefficient (Wildman–Crippen LogP) is 2.48. The lowest BCUT2D eigenvalue weighted by molar-refractivity contribution is -0.118. The van der Waals surface area contributed by atoms with E-state index >= 15 is 0 Å². The Morgan fingerprint density at radius 3 is 2.90 bits per heavy atom. The van der Waals surface area contributed by atoms with Crippen LogP contribution in [0.3, 0.4) is 0 Å². The van der Waals surface area contributed by atoms with Crippen molar-refractivity contribution in [2.24, 2.45) is 0 Å². The molecule has 6 heteroatoms. The number of benzene rings is 1. The highest BCUT2D eigenvalue weighted by atomic mass is 79.9. The molecule has 0 saturated carbocycles. The third kappa shape index (κ3) is 3.89. The van der Waals surface area contributed by atoms with E-state index < -0.39 is 0 Å². The molecule has 1 amide bonds. The average molecular weight is 350 g/mol. The van der Waals surface area contributed by atoms with Crippen molar-refractivity contribution in [1.29, 1.82) is 0 Å². The predicted molar refractivity (Wildman–Crippen MR) is 83.8 cm³/mol. The zero-order valence-electron chi connectivity index (χ0n) is 10.5. The summed E-state index contributed by atoms with van der Waals surface area (Å²) in [4.78, 5) is 15.8. The van der Waals surface area contributed by atoms with Gasteiger partial charge in [0.1, 0.15) is 0 Å². The number of hydrogen-bond acceptors (Lipinski definition) is 3. The lowest BCUT2D eigenvalue weighted by Crippen LogP contribution is -2.25. The van der Waals surface area contributed by atoms with Crippen LogP contribution in [0.5, 0.6) is 0 Å². The molecule has 2 aromatic rings. The Balaban J connectivity index is 2.04. The Labute approximate surface area is 130 Å². The molecule has 0 atom stereocenters. The van der Waals surface area contributed by atoms with Crippen molar-refractivity contribution in [1.82, 2.24) is 14.9 Å². The number of nitrogens with one attached hydrogen (secondary N) is 1. The first-order valence-electron chi connectivity index (χ1n) is 5.83. The van der Waals surface area contributed by atoms with E-state index in [0.717, 1.165) is 15.3 Å². The van der Waals surface area contributed by atoms with Gasteiger partial charge in [-0.05, 0) is 24.3 Å². The molecule has 0 bridgehead atoms. The molecule has 1 heterocycles. The van der Waals surface area contributed by atoms with Crippen molar-refractivity contribution in [3.8, 4) is 18.0 Å². The Morgan fingerprint density at radius 1 is 1.45 bits per heavy atom. The van der Waals surface area contributed by atoms with Crippen LogP contribution in [0, 0.1) is 12.3 Å². The van der Waals surface area contributed by atoms with Gasteiger partial charge in [0, 0.05) is 22.6 Å². The number of carbonyl (C=O) groups excluding carboxylic acids is 1. The third-order valence-corrected chi connectivity index (χ3v) is 3.93. The third-order valence-electron chi connectivity index (χ3n) is 2.43. The molecule has 1 aromatic carbocycles. The van der Waals surface area contributed by atoms with Crippen molar-refractivity contribution >= 4 is 33.6 Å². The molecule has 1 N–H and O–H groups in total. The largest absolute Gasteiger partial charge is 0.344 e. The van der Waals surface area contributed by atoms with Crippen LogP contribution in [0.4, 0.5) is 0 Å². The quantitative estimate of drug-likeness (QED) is 0.666. The number of rotatable bonds is 5. The van der Waals surface area contributed by atoms with Crippen LogP contribution in [0.2, 0.25) is 0 Å². The summed E-state index contributed by atoms with van der Waals surface area (Å²) < 4.78 is 2.95. The first kappa shape index (κ1) is 14.7. The Bertz CT molecular complexity index is 631. The minimum Gasteiger partial charge on any atom is -0.344 e. The summed E-state index contributed by atoms with van der Waals surface area (Å²) in [5, 5.41) is 3.39. The summed E-state index contributed by atoms with van der Waals surface area (Å²) >= 11 is 4.77. The van der Waals surface area contributed by atoms with Gasteiger partial charge in [0.2, 0.25) is 5.91 Å². The highest BCUT2D eigenvalue weighted by molar-refractivity contribution is 9.10. The SMILES string of the molecule is C#CCNC(=O)CSc1nccn1-c1ccc(Br)cc1. The van der Waals surface area contributed by atoms with Crippen molar-refractivity contribution in [2.75, 3.05) is 12.3 Å². The molecule has 0 fully saturated rings. The van der Waals surface area contributed by atoms with Crippen LogP contribution in [0.15, 0.2) is 46.3 Å². The summed E-state index contributed by atoms with van der Waals surface area (Å²) in [5.41, 5.74) is 0.997. The molecule has 0 radical (unpaired) electrons. The molecule has 0 saturated heterocycles. The summed E-state index contributed by atoms with van der Waals surface area (Å²) in [6, 6.07) is 7.88. The Morgan fingerprint density at radius 2 is 2.20 bits per heavy atom. The monoisotopic (exact) mass is 349 g/mol. The number of hydrogen-bond donors (Lipinski definition) is 1. The van der Waals surface area contributed by atoms with E-state index in [1.165, 1.54) is 11.8 Å². The molecule has 0 unspecified atom stereocenters. The van der Waals surface area contributed by atoms with Crippen LogP contribution >= 0.6 is 27.7 Å². The van der Waals surface area contributed by atoms with Gasteiger partial charge in [-0.1, -0.05) is 33.6 Å². The highest BCUT2D eigenvalue weighted by Gasteiger charge is 2.08. The van der Waals surface area contributed by atoms with Crippen molar-refractivity contribution in [2.45, 2.75) is 5.16 Å². The van der Waals surface area contributed by atoms with Gasteiger partial charge in [-0.15, -0.1) is 6.42 Å². The second-order valence-corrected chi connectivity index (χ2v) is 5.68. The smallest absolute Gasteiger partial charge is 0.231 e. The van der Waals surface area contributed by atoms with E-state index in [1.54, 1.807) is 6.20 Å². The molecule has 0 spiro atoms. The van der Waals surface area contributed by atoms with Gasteiger partial charge in [-0.3, -0.25) is 9.36 Å².